The third-order valence-corrected chi connectivity index (χ3v) is 9.76. The lowest BCUT2D eigenvalue weighted by Crippen LogP contribution is -2.01. The SMILES string of the molecule is Clc1c(Cl)c(Cl)c(SSC2CCCCCCCCCC2)c(Cl)c1Cl. The summed E-state index contributed by atoms with van der Waals surface area (Å²) in [4.78, 5) is 0.719. The molecule has 0 aromatic heterocycles. The summed E-state index contributed by atoms with van der Waals surface area (Å²) in [6.45, 7) is 0. The molecule has 1 aromatic carbocycles. The van der Waals surface area contributed by atoms with Gasteiger partial charge in [0.1, 0.15) is 0 Å². The predicted octanol–water partition coefficient (Wildman–Crippen LogP) is 9.98. The highest BCUT2D eigenvalue weighted by Gasteiger charge is 2.21. The highest BCUT2D eigenvalue weighted by atomic mass is 35.5. The van der Waals surface area contributed by atoms with Crippen molar-refractivity contribution in [2.24, 2.45) is 0 Å². The fraction of sp³-hybridized carbons (Fsp3) is 0.647. The van der Waals surface area contributed by atoms with Crippen LogP contribution in [0.2, 0.25) is 25.1 Å². The van der Waals surface area contributed by atoms with Crippen molar-refractivity contribution in [2.45, 2.75) is 74.4 Å². The first-order chi connectivity index (χ1) is 11.5. The predicted molar refractivity (Wildman–Crippen MR) is 115 cm³/mol. The Bertz CT molecular complexity index is 509. The Hall–Kier alpha value is 1.37. The molecule has 0 radical (unpaired) electrons. The first kappa shape index (κ1) is 21.7. The lowest BCUT2D eigenvalue weighted by Gasteiger charge is -2.17. The highest BCUT2D eigenvalue weighted by Crippen LogP contribution is 2.52. The molecule has 0 atom stereocenters. The second-order valence-corrected chi connectivity index (χ2v) is 10.5. The third kappa shape index (κ3) is 6.22. The summed E-state index contributed by atoms with van der Waals surface area (Å²) in [6, 6.07) is 0. The van der Waals surface area contributed by atoms with E-state index in [1.807, 2.05) is 10.8 Å². The molecule has 1 fully saturated rings. The van der Waals surface area contributed by atoms with Crippen molar-refractivity contribution in [3.8, 4) is 0 Å². The van der Waals surface area contributed by atoms with Gasteiger partial charge in [0.25, 0.3) is 0 Å². The quantitative estimate of drug-likeness (QED) is 0.247. The molecule has 0 spiro atoms. The van der Waals surface area contributed by atoms with Gasteiger partial charge in [0, 0.05) is 5.25 Å². The van der Waals surface area contributed by atoms with Crippen molar-refractivity contribution in [3.63, 3.8) is 0 Å². The van der Waals surface area contributed by atoms with Crippen LogP contribution in [0.15, 0.2) is 4.90 Å². The Morgan fingerprint density at radius 1 is 0.542 bits per heavy atom. The largest absolute Gasteiger partial charge is 0.0854 e. The summed E-state index contributed by atoms with van der Waals surface area (Å²) in [5, 5.41) is 2.16. The van der Waals surface area contributed by atoms with Crippen LogP contribution in [-0.4, -0.2) is 5.25 Å². The normalized spacial score (nSPS) is 18.4. The first-order valence-corrected chi connectivity index (χ1v) is 12.5. The summed E-state index contributed by atoms with van der Waals surface area (Å²) in [6.07, 6.45) is 13.2. The maximum atomic E-state index is 6.33. The topological polar surface area (TPSA) is 0 Å². The fourth-order valence-electron chi connectivity index (χ4n) is 2.82. The molecular weight excluding hydrogens is 446 g/mol. The third-order valence-electron chi connectivity index (χ3n) is 4.24. The Labute approximate surface area is 178 Å². The van der Waals surface area contributed by atoms with Crippen molar-refractivity contribution < 1.29 is 0 Å². The molecule has 1 aromatic rings. The molecule has 1 aliphatic rings. The smallest absolute Gasteiger partial charge is 0.0809 e. The van der Waals surface area contributed by atoms with Crippen molar-refractivity contribution in [3.05, 3.63) is 25.1 Å². The molecule has 0 bridgehead atoms. The van der Waals surface area contributed by atoms with Gasteiger partial charge in [-0.25, -0.2) is 0 Å². The van der Waals surface area contributed by atoms with E-state index in [9.17, 15) is 0 Å². The molecule has 1 saturated carbocycles. The van der Waals surface area contributed by atoms with Crippen molar-refractivity contribution in [2.75, 3.05) is 0 Å². The molecule has 0 nitrogen and oxygen atoms in total. The lowest BCUT2D eigenvalue weighted by atomic mass is 10.1. The van der Waals surface area contributed by atoms with E-state index in [0.717, 1.165) is 4.90 Å². The average molecular weight is 467 g/mol. The number of rotatable bonds is 3. The summed E-state index contributed by atoms with van der Waals surface area (Å²) in [5.41, 5.74) is 0. The highest BCUT2D eigenvalue weighted by molar-refractivity contribution is 8.77. The molecule has 0 amide bonds. The van der Waals surface area contributed by atoms with Crippen LogP contribution in [0.25, 0.3) is 0 Å². The van der Waals surface area contributed by atoms with Crippen molar-refractivity contribution >= 4 is 79.6 Å². The van der Waals surface area contributed by atoms with Crippen LogP contribution in [0.4, 0.5) is 0 Å². The summed E-state index contributed by atoms with van der Waals surface area (Å²) in [5.74, 6) is 0. The number of benzene rings is 1. The molecule has 0 aliphatic heterocycles. The summed E-state index contributed by atoms with van der Waals surface area (Å²) >= 11 is 31.0. The van der Waals surface area contributed by atoms with Gasteiger partial charge in [0.2, 0.25) is 0 Å². The zero-order valence-corrected chi connectivity index (χ0v) is 18.8. The minimum absolute atomic E-state index is 0.220. The zero-order valence-electron chi connectivity index (χ0n) is 13.4. The standard InChI is InChI=1S/C17H21Cl5S2/c18-12-13(19)15(21)17(16(22)14(12)20)24-23-11-9-7-5-3-1-2-4-6-8-10-11/h11H,1-10H2. The maximum Gasteiger partial charge on any atom is 0.0809 e. The van der Waals surface area contributed by atoms with Gasteiger partial charge in [-0.2, -0.15) is 0 Å². The maximum absolute atomic E-state index is 6.33. The number of halogens is 5. The van der Waals surface area contributed by atoms with Gasteiger partial charge in [-0.05, 0) is 12.8 Å². The van der Waals surface area contributed by atoms with E-state index in [2.05, 4.69) is 0 Å². The first-order valence-electron chi connectivity index (χ1n) is 8.37. The monoisotopic (exact) mass is 464 g/mol. The van der Waals surface area contributed by atoms with Gasteiger partial charge >= 0.3 is 0 Å². The van der Waals surface area contributed by atoms with Gasteiger partial charge in [-0.15, -0.1) is 0 Å². The van der Waals surface area contributed by atoms with Crippen LogP contribution < -0.4 is 0 Å². The van der Waals surface area contributed by atoms with Crippen LogP contribution in [-0.2, 0) is 0 Å². The van der Waals surface area contributed by atoms with E-state index >= 15 is 0 Å². The molecule has 7 heteroatoms. The molecule has 136 valence electrons. The molecule has 0 saturated heterocycles. The lowest BCUT2D eigenvalue weighted by molar-refractivity contribution is 0.585. The fourth-order valence-corrected chi connectivity index (χ4v) is 7.46. The van der Waals surface area contributed by atoms with E-state index < -0.39 is 0 Å². The molecule has 2 rings (SSSR count). The molecule has 1 aliphatic carbocycles. The Balaban J connectivity index is 2.02. The average Bonchev–Trinajstić information content (AvgIpc) is 2.64. The van der Waals surface area contributed by atoms with Crippen LogP contribution >= 0.6 is 79.6 Å². The second kappa shape index (κ2) is 11.3. The minimum Gasteiger partial charge on any atom is -0.0854 e. The summed E-state index contributed by atoms with van der Waals surface area (Å²) in [7, 11) is 3.41. The molecule has 24 heavy (non-hydrogen) atoms. The van der Waals surface area contributed by atoms with Gasteiger partial charge in [-0.1, -0.05) is 131 Å². The molecular formula is C17H21Cl5S2. The van der Waals surface area contributed by atoms with E-state index in [1.54, 1.807) is 10.8 Å². The van der Waals surface area contributed by atoms with Gasteiger partial charge in [0.15, 0.2) is 0 Å². The molecule has 0 unspecified atom stereocenters. The molecule has 0 heterocycles. The van der Waals surface area contributed by atoms with E-state index in [-0.39, 0.29) is 15.1 Å². The number of hydrogen-bond donors (Lipinski definition) is 0. The Morgan fingerprint density at radius 3 is 1.38 bits per heavy atom. The van der Waals surface area contributed by atoms with Gasteiger partial charge in [-0.3, -0.25) is 0 Å². The van der Waals surface area contributed by atoms with Crippen LogP contribution in [0.5, 0.6) is 0 Å². The second-order valence-electron chi connectivity index (χ2n) is 6.11. The summed E-state index contributed by atoms with van der Waals surface area (Å²) < 4.78 is 0. The van der Waals surface area contributed by atoms with Crippen molar-refractivity contribution in [1.82, 2.24) is 0 Å². The van der Waals surface area contributed by atoms with E-state index in [4.69, 9.17) is 58.0 Å². The zero-order chi connectivity index (χ0) is 17.5. The van der Waals surface area contributed by atoms with E-state index in [1.165, 1.54) is 64.2 Å². The van der Waals surface area contributed by atoms with Crippen LogP contribution in [0.3, 0.4) is 0 Å². The Kier molecular flexibility index (Phi) is 10.2. The Morgan fingerprint density at radius 2 is 0.917 bits per heavy atom. The van der Waals surface area contributed by atoms with Gasteiger partial charge < -0.3 is 0 Å². The van der Waals surface area contributed by atoms with Crippen LogP contribution in [0.1, 0.15) is 64.2 Å². The number of hydrogen-bond acceptors (Lipinski definition) is 2. The van der Waals surface area contributed by atoms with E-state index in [0.29, 0.717) is 15.3 Å². The minimum atomic E-state index is 0.220. The van der Waals surface area contributed by atoms with Crippen LogP contribution in [0, 0.1) is 0 Å². The van der Waals surface area contributed by atoms with Crippen molar-refractivity contribution in [1.29, 1.82) is 0 Å². The van der Waals surface area contributed by atoms with Gasteiger partial charge in [0.05, 0.1) is 30.0 Å². The molecule has 0 N–H and O–H groups in total.